The molecule has 0 unspecified atom stereocenters. The Balaban J connectivity index is 1.74. The average molecular weight is 206 g/mol. The van der Waals surface area contributed by atoms with E-state index in [9.17, 15) is 0 Å². The third kappa shape index (κ3) is 3.29. The van der Waals surface area contributed by atoms with Crippen LogP contribution in [0.5, 0.6) is 0 Å². The molecule has 0 radical (unpaired) electrons. The first kappa shape index (κ1) is 10.6. The molecule has 1 aromatic heterocycles. The molecule has 0 spiro atoms. The fourth-order valence-corrected chi connectivity index (χ4v) is 1.95. The van der Waals surface area contributed by atoms with E-state index in [0.717, 1.165) is 31.2 Å². The number of rotatable bonds is 3. The SMILES string of the molecule is NC1CCC(OCc2cccnc2)CC1. The van der Waals surface area contributed by atoms with Crippen LogP contribution in [0.2, 0.25) is 0 Å². The van der Waals surface area contributed by atoms with E-state index < -0.39 is 0 Å². The average Bonchev–Trinajstić information content (AvgIpc) is 2.30. The topological polar surface area (TPSA) is 48.1 Å². The second-order valence-corrected chi connectivity index (χ2v) is 4.21. The molecule has 0 amide bonds. The molecule has 0 atom stereocenters. The highest BCUT2D eigenvalue weighted by Crippen LogP contribution is 2.20. The zero-order valence-electron chi connectivity index (χ0n) is 8.93. The van der Waals surface area contributed by atoms with Crippen molar-refractivity contribution in [3.8, 4) is 0 Å². The number of aromatic nitrogens is 1. The minimum atomic E-state index is 0.392. The Bertz CT molecular complexity index is 281. The molecule has 1 aliphatic carbocycles. The van der Waals surface area contributed by atoms with Gasteiger partial charge in [-0.25, -0.2) is 0 Å². The van der Waals surface area contributed by atoms with Crippen molar-refractivity contribution in [3.05, 3.63) is 30.1 Å². The van der Waals surface area contributed by atoms with Crippen molar-refractivity contribution in [1.82, 2.24) is 4.98 Å². The van der Waals surface area contributed by atoms with Gasteiger partial charge in [0.25, 0.3) is 0 Å². The van der Waals surface area contributed by atoms with Gasteiger partial charge >= 0.3 is 0 Å². The van der Waals surface area contributed by atoms with Crippen LogP contribution < -0.4 is 5.73 Å². The van der Waals surface area contributed by atoms with Crippen LogP contribution in [0.4, 0.5) is 0 Å². The van der Waals surface area contributed by atoms with Crippen LogP contribution in [0.3, 0.4) is 0 Å². The lowest BCUT2D eigenvalue weighted by atomic mass is 9.94. The van der Waals surface area contributed by atoms with Crippen molar-refractivity contribution < 1.29 is 4.74 Å². The largest absolute Gasteiger partial charge is 0.373 e. The number of pyridine rings is 1. The summed E-state index contributed by atoms with van der Waals surface area (Å²) in [5, 5.41) is 0. The molecule has 2 N–H and O–H groups in total. The van der Waals surface area contributed by atoms with Gasteiger partial charge in [0, 0.05) is 18.4 Å². The van der Waals surface area contributed by atoms with E-state index in [2.05, 4.69) is 4.98 Å². The van der Waals surface area contributed by atoms with Gasteiger partial charge in [-0.2, -0.15) is 0 Å². The Morgan fingerprint density at radius 3 is 2.80 bits per heavy atom. The minimum Gasteiger partial charge on any atom is -0.373 e. The van der Waals surface area contributed by atoms with Crippen molar-refractivity contribution in [2.75, 3.05) is 0 Å². The summed E-state index contributed by atoms with van der Waals surface area (Å²) in [5.41, 5.74) is 6.98. The molecule has 0 aliphatic heterocycles. The first-order chi connectivity index (χ1) is 7.34. The Morgan fingerprint density at radius 1 is 1.33 bits per heavy atom. The monoisotopic (exact) mass is 206 g/mol. The molecule has 3 nitrogen and oxygen atoms in total. The molecule has 2 rings (SSSR count). The molecular formula is C12H18N2O. The van der Waals surface area contributed by atoms with Crippen molar-refractivity contribution >= 4 is 0 Å². The third-order valence-electron chi connectivity index (χ3n) is 2.93. The molecule has 82 valence electrons. The zero-order chi connectivity index (χ0) is 10.5. The summed E-state index contributed by atoms with van der Waals surface area (Å²) in [6.07, 6.45) is 8.42. The van der Waals surface area contributed by atoms with E-state index in [-0.39, 0.29) is 0 Å². The fraction of sp³-hybridized carbons (Fsp3) is 0.583. The lowest BCUT2D eigenvalue weighted by Crippen LogP contribution is -2.30. The molecule has 3 heteroatoms. The van der Waals surface area contributed by atoms with Gasteiger partial charge in [-0.15, -0.1) is 0 Å². The maximum Gasteiger partial charge on any atom is 0.0735 e. The molecule has 1 aliphatic rings. The summed E-state index contributed by atoms with van der Waals surface area (Å²) in [6, 6.07) is 4.38. The molecule has 1 heterocycles. The molecule has 1 aromatic rings. The number of nitrogens with zero attached hydrogens (tertiary/aromatic N) is 1. The fourth-order valence-electron chi connectivity index (χ4n) is 1.95. The van der Waals surface area contributed by atoms with E-state index in [4.69, 9.17) is 10.5 Å². The third-order valence-corrected chi connectivity index (χ3v) is 2.93. The number of nitrogens with two attached hydrogens (primary N) is 1. The summed E-state index contributed by atoms with van der Waals surface area (Å²) in [7, 11) is 0. The normalized spacial score (nSPS) is 26.5. The zero-order valence-corrected chi connectivity index (χ0v) is 8.93. The highest BCUT2D eigenvalue weighted by molar-refractivity contribution is 5.06. The molecular weight excluding hydrogens is 188 g/mol. The van der Waals surface area contributed by atoms with Gasteiger partial charge in [-0.1, -0.05) is 6.07 Å². The quantitative estimate of drug-likeness (QED) is 0.821. The van der Waals surface area contributed by atoms with Crippen molar-refractivity contribution in [2.24, 2.45) is 5.73 Å². The summed E-state index contributed by atoms with van der Waals surface area (Å²) in [6.45, 7) is 0.674. The van der Waals surface area contributed by atoms with Crippen molar-refractivity contribution in [3.63, 3.8) is 0 Å². The van der Waals surface area contributed by atoms with Gasteiger partial charge < -0.3 is 10.5 Å². The van der Waals surface area contributed by atoms with Gasteiger partial charge in [-0.05, 0) is 37.3 Å². The Labute approximate surface area is 90.7 Å². The van der Waals surface area contributed by atoms with E-state index in [1.54, 1.807) is 6.20 Å². The van der Waals surface area contributed by atoms with Gasteiger partial charge in [0.05, 0.1) is 12.7 Å². The molecule has 1 fully saturated rings. The molecule has 15 heavy (non-hydrogen) atoms. The van der Waals surface area contributed by atoms with Crippen LogP contribution in [0.15, 0.2) is 24.5 Å². The maximum atomic E-state index is 5.84. The summed E-state index contributed by atoms with van der Waals surface area (Å²) in [4.78, 5) is 4.06. The van der Waals surface area contributed by atoms with E-state index in [0.29, 0.717) is 18.8 Å². The van der Waals surface area contributed by atoms with Crippen LogP contribution in [0.25, 0.3) is 0 Å². The van der Waals surface area contributed by atoms with Crippen LogP contribution in [-0.2, 0) is 11.3 Å². The summed E-state index contributed by atoms with van der Waals surface area (Å²) < 4.78 is 5.82. The van der Waals surface area contributed by atoms with Crippen LogP contribution in [0.1, 0.15) is 31.2 Å². The summed E-state index contributed by atoms with van der Waals surface area (Å²) >= 11 is 0. The maximum absolute atomic E-state index is 5.84. The second kappa shape index (κ2) is 5.24. The molecule has 0 aromatic carbocycles. The van der Waals surface area contributed by atoms with E-state index in [1.165, 1.54) is 0 Å². The predicted octanol–water partition coefficient (Wildman–Crippen LogP) is 1.87. The first-order valence-electron chi connectivity index (χ1n) is 5.60. The summed E-state index contributed by atoms with van der Waals surface area (Å²) in [5.74, 6) is 0. The number of hydrogen-bond acceptors (Lipinski definition) is 3. The first-order valence-corrected chi connectivity index (χ1v) is 5.60. The van der Waals surface area contributed by atoms with Gasteiger partial charge in [0.2, 0.25) is 0 Å². The smallest absolute Gasteiger partial charge is 0.0735 e. The number of ether oxygens (including phenoxy) is 1. The van der Waals surface area contributed by atoms with Crippen molar-refractivity contribution in [1.29, 1.82) is 0 Å². The molecule has 0 saturated heterocycles. The standard InChI is InChI=1S/C12H18N2O/c13-11-3-5-12(6-4-11)15-9-10-2-1-7-14-8-10/h1-2,7-8,11-12H,3-6,9,13H2. The number of hydrogen-bond donors (Lipinski definition) is 1. The van der Waals surface area contributed by atoms with E-state index >= 15 is 0 Å². The highest BCUT2D eigenvalue weighted by Gasteiger charge is 2.18. The second-order valence-electron chi connectivity index (χ2n) is 4.21. The van der Waals surface area contributed by atoms with Crippen LogP contribution in [-0.4, -0.2) is 17.1 Å². The van der Waals surface area contributed by atoms with Crippen molar-refractivity contribution in [2.45, 2.75) is 44.4 Å². The minimum absolute atomic E-state index is 0.392. The lowest BCUT2D eigenvalue weighted by Gasteiger charge is -2.26. The lowest BCUT2D eigenvalue weighted by molar-refractivity contribution is 0.0137. The van der Waals surface area contributed by atoms with E-state index in [1.807, 2.05) is 18.3 Å². The predicted molar refractivity (Wildman–Crippen MR) is 59.3 cm³/mol. The van der Waals surface area contributed by atoms with Gasteiger partial charge in [0.1, 0.15) is 0 Å². The van der Waals surface area contributed by atoms with Gasteiger partial charge in [-0.3, -0.25) is 4.98 Å². The molecule has 0 bridgehead atoms. The Kier molecular flexibility index (Phi) is 3.69. The Hall–Kier alpha value is -0.930. The van der Waals surface area contributed by atoms with Crippen LogP contribution in [0, 0.1) is 0 Å². The molecule has 1 saturated carbocycles. The Morgan fingerprint density at radius 2 is 2.13 bits per heavy atom. The van der Waals surface area contributed by atoms with Crippen LogP contribution >= 0.6 is 0 Å². The van der Waals surface area contributed by atoms with Gasteiger partial charge in [0.15, 0.2) is 0 Å². The highest BCUT2D eigenvalue weighted by atomic mass is 16.5.